The van der Waals surface area contributed by atoms with Gasteiger partial charge >= 0.3 is 0 Å². The molecule has 0 saturated heterocycles. The zero-order valence-electron chi connectivity index (χ0n) is 10.6. The maximum Gasteiger partial charge on any atom is 0.288 e. The minimum atomic E-state index is -0.555. The summed E-state index contributed by atoms with van der Waals surface area (Å²) in [7, 11) is 0. The molecule has 0 fully saturated rings. The van der Waals surface area contributed by atoms with Crippen molar-refractivity contribution < 1.29 is 9.72 Å². The number of nitrogens with zero attached hydrogens (tertiary/aromatic N) is 1. The summed E-state index contributed by atoms with van der Waals surface area (Å²) in [6.07, 6.45) is 4.80. The van der Waals surface area contributed by atoms with Gasteiger partial charge in [-0.1, -0.05) is 31.0 Å². The number of hydrogen-bond donors (Lipinski definition) is 1. The summed E-state index contributed by atoms with van der Waals surface area (Å²) >= 11 is 5.69. The molecule has 6 heteroatoms. The molecule has 0 aromatic heterocycles. The van der Waals surface area contributed by atoms with E-state index in [0.29, 0.717) is 12.1 Å². The number of carbonyl (C=O) groups is 1. The van der Waals surface area contributed by atoms with E-state index in [4.69, 9.17) is 11.6 Å². The Morgan fingerprint density at radius 3 is 2.89 bits per heavy atom. The lowest BCUT2D eigenvalue weighted by Crippen LogP contribution is -2.21. The molecule has 0 atom stereocenters. The van der Waals surface area contributed by atoms with E-state index in [9.17, 15) is 14.9 Å². The number of carbonyl (C=O) groups excluding carboxylic acids is 1. The van der Waals surface area contributed by atoms with Crippen LogP contribution in [0.2, 0.25) is 5.02 Å². The molecule has 0 aliphatic rings. The second-order valence-corrected chi connectivity index (χ2v) is 4.35. The van der Waals surface area contributed by atoms with Gasteiger partial charge in [0.15, 0.2) is 0 Å². The highest BCUT2D eigenvalue weighted by atomic mass is 35.5. The first-order chi connectivity index (χ1) is 9.04. The van der Waals surface area contributed by atoms with Crippen molar-refractivity contribution in [1.82, 2.24) is 5.32 Å². The third kappa shape index (κ3) is 5.09. The maximum atomic E-state index is 11.4. The summed E-state index contributed by atoms with van der Waals surface area (Å²) in [4.78, 5) is 21.6. The first-order valence-electron chi connectivity index (χ1n) is 5.94. The number of rotatable bonds is 6. The first kappa shape index (κ1) is 15.2. The second kappa shape index (κ2) is 7.53. The van der Waals surface area contributed by atoms with Crippen LogP contribution in [-0.2, 0) is 4.79 Å². The van der Waals surface area contributed by atoms with Gasteiger partial charge in [0.2, 0.25) is 5.91 Å². The Hall–Kier alpha value is -1.88. The van der Waals surface area contributed by atoms with Crippen LogP contribution in [-0.4, -0.2) is 17.4 Å². The summed E-state index contributed by atoms with van der Waals surface area (Å²) in [5.74, 6) is -0.217. The van der Waals surface area contributed by atoms with Crippen LogP contribution in [0.5, 0.6) is 0 Å². The van der Waals surface area contributed by atoms with Gasteiger partial charge in [-0.05, 0) is 24.1 Å². The van der Waals surface area contributed by atoms with E-state index in [2.05, 4.69) is 5.32 Å². The number of hydrogen-bond acceptors (Lipinski definition) is 3. The van der Waals surface area contributed by atoms with Crippen LogP contribution in [0.1, 0.15) is 25.3 Å². The van der Waals surface area contributed by atoms with Crippen LogP contribution in [0.4, 0.5) is 5.69 Å². The fraction of sp³-hybridized carbons (Fsp3) is 0.308. The van der Waals surface area contributed by atoms with Gasteiger partial charge in [-0.2, -0.15) is 0 Å². The Morgan fingerprint density at radius 1 is 1.53 bits per heavy atom. The molecule has 0 aliphatic carbocycles. The van der Waals surface area contributed by atoms with Crippen LogP contribution in [0.15, 0.2) is 24.3 Å². The predicted octanol–water partition coefficient (Wildman–Crippen LogP) is 3.18. The average Bonchev–Trinajstić information content (AvgIpc) is 2.37. The molecule has 5 nitrogen and oxygen atoms in total. The third-order valence-electron chi connectivity index (χ3n) is 2.42. The van der Waals surface area contributed by atoms with Crippen molar-refractivity contribution in [3.8, 4) is 0 Å². The number of amides is 1. The number of nitrogens with one attached hydrogen (secondary N) is 1. The normalized spacial score (nSPS) is 10.6. The van der Waals surface area contributed by atoms with E-state index < -0.39 is 4.92 Å². The van der Waals surface area contributed by atoms with Crippen molar-refractivity contribution >= 4 is 29.3 Å². The van der Waals surface area contributed by atoms with Crippen molar-refractivity contribution in [3.63, 3.8) is 0 Å². The van der Waals surface area contributed by atoms with Gasteiger partial charge < -0.3 is 5.32 Å². The first-order valence-corrected chi connectivity index (χ1v) is 6.32. The van der Waals surface area contributed by atoms with Crippen molar-refractivity contribution in [2.24, 2.45) is 0 Å². The second-order valence-electron chi connectivity index (χ2n) is 3.95. The molecule has 0 heterocycles. The molecular formula is C13H15ClN2O3. The lowest BCUT2D eigenvalue weighted by molar-refractivity contribution is -0.384. The molecule has 1 aromatic rings. The van der Waals surface area contributed by atoms with E-state index in [1.54, 1.807) is 6.07 Å². The zero-order valence-corrected chi connectivity index (χ0v) is 11.3. The summed E-state index contributed by atoms with van der Waals surface area (Å²) in [6, 6.07) is 4.39. The smallest absolute Gasteiger partial charge is 0.288 e. The Balaban J connectivity index is 2.69. The fourth-order valence-electron chi connectivity index (χ4n) is 1.39. The van der Waals surface area contributed by atoms with Gasteiger partial charge in [0.1, 0.15) is 5.02 Å². The Morgan fingerprint density at radius 2 is 2.26 bits per heavy atom. The van der Waals surface area contributed by atoms with Gasteiger partial charge in [0.05, 0.1) is 4.92 Å². The molecule has 0 aliphatic heterocycles. The minimum absolute atomic E-state index is 0.0783. The van der Waals surface area contributed by atoms with Gasteiger partial charge in [0, 0.05) is 18.7 Å². The van der Waals surface area contributed by atoms with Crippen molar-refractivity contribution in [3.05, 3.63) is 45.0 Å². The maximum absolute atomic E-state index is 11.4. The van der Waals surface area contributed by atoms with Crippen LogP contribution in [0.3, 0.4) is 0 Å². The van der Waals surface area contributed by atoms with Gasteiger partial charge in [-0.25, -0.2) is 0 Å². The van der Waals surface area contributed by atoms with Crippen LogP contribution in [0, 0.1) is 10.1 Å². The standard InChI is InChI=1S/C13H15ClN2O3/c1-2-3-8-15-13(17)7-5-10-4-6-11(14)12(9-10)16(18)19/h4-7,9H,2-3,8H2,1H3,(H,15,17)/b7-5+. The van der Waals surface area contributed by atoms with Gasteiger partial charge in [0.25, 0.3) is 5.69 Å². The minimum Gasteiger partial charge on any atom is -0.353 e. The topological polar surface area (TPSA) is 72.2 Å². The SMILES string of the molecule is CCCCNC(=O)/C=C/c1ccc(Cl)c([N+](=O)[O-])c1. The summed E-state index contributed by atoms with van der Waals surface area (Å²) in [6.45, 7) is 2.66. The molecule has 19 heavy (non-hydrogen) atoms. The molecule has 0 bridgehead atoms. The molecule has 1 N–H and O–H groups in total. The molecule has 102 valence electrons. The molecule has 0 radical (unpaired) electrons. The molecule has 1 amide bonds. The van der Waals surface area contributed by atoms with Crippen molar-refractivity contribution in [2.45, 2.75) is 19.8 Å². The number of unbranched alkanes of at least 4 members (excludes halogenated alkanes) is 1. The Kier molecular flexibility index (Phi) is 6.02. The lowest BCUT2D eigenvalue weighted by atomic mass is 10.2. The molecule has 0 spiro atoms. The third-order valence-corrected chi connectivity index (χ3v) is 2.74. The fourth-order valence-corrected chi connectivity index (χ4v) is 1.58. The van der Waals surface area contributed by atoms with Gasteiger partial charge in [-0.3, -0.25) is 14.9 Å². The van der Waals surface area contributed by atoms with E-state index >= 15 is 0 Å². The molecular weight excluding hydrogens is 268 g/mol. The number of benzene rings is 1. The van der Waals surface area contributed by atoms with Crippen molar-refractivity contribution in [1.29, 1.82) is 0 Å². The highest BCUT2D eigenvalue weighted by Crippen LogP contribution is 2.25. The Bertz CT molecular complexity index is 501. The Labute approximate surface area is 116 Å². The summed E-state index contributed by atoms with van der Waals surface area (Å²) in [5, 5.41) is 13.5. The van der Waals surface area contributed by atoms with Crippen molar-refractivity contribution in [2.75, 3.05) is 6.54 Å². The number of halogens is 1. The highest BCUT2D eigenvalue weighted by Gasteiger charge is 2.11. The van der Waals surface area contributed by atoms with E-state index in [1.165, 1.54) is 24.3 Å². The molecule has 0 saturated carbocycles. The van der Waals surface area contributed by atoms with Crippen LogP contribution in [0.25, 0.3) is 6.08 Å². The van der Waals surface area contributed by atoms with E-state index in [1.807, 2.05) is 6.92 Å². The molecule has 1 rings (SSSR count). The predicted molar refractivity (Wildman–Crippen MR) is 75.1 cm³/mol. The lowest BCUT2D eigenvalue weighted by Gasteiger charge is -2.00. The van der Waals surface area contributed by atoms with E-state index in [-0.39, 0.29) is 16.6 Å². The average molecular weight is 283 g/mol. The molecule has 1 aromatic carbocycles. The highest BCUT2D eigenvalue weighted by molar-refractivity contribution is 6.32. The van der Waals surface area contributed by atoms with E-state index in [0.717, 1.165) is 12.8 Å². The monoisotopic (exact) mass is 282 g/mol. The van der Waals surface area contributed by atoms with Gasteiger partial charge in [-0.15, -0.1) is 0 Å². The summed E-state index contributed by atoms with van der Waals surface area (Å²) < 4.78 is 0. The zero-order chi connectivity index (χ0) is 14.3. The molecule has 0 unspecified atom stereocenters. The van der Waals surface area contributed by atoms with Crippen LogP contribution >= 0.6 is 11.6 Å². The quantitative estimate of drug-likeness (QED) is 0.377. The summed E-state index contributed by atoms with van der Waals surface area (Å²) in [5.41, 5.74) is 0.386. The largest absolute Gasteiger partial charge is 0.353 e. The number of nitro groups is 1. The number of nitro benzene ring substituents is 1. The van der Waals surface area contributed by atoms with Crippen LogP contribution < -0.4 is 5.32 Å².